The minimum atomic E-state index is -1.09. The first kappa shape index (κ1) is 14.4. The van der Waals surface area contributed by atoms with Gasteiger partial charge in [-0.25, -0.2) is 14.7 Å². The van der Waals surface area contributed by atoms with E-state index in [2.05, 4.69) is 10.2 Å². The summed E-state index contributed by atoms with van der Waals surface area (Å²) >= 11 is 1.36. The second kappa shape index (κ2) is 5.58. The van der Waals surface area contributed by atoms with Gasteiger partial charge in [0.1, 0.15) is 5.76 Å². The quantitative estimate of drug-likeness (QED) is 0.819. The molecule has 0 atom stereocenters. The lowest BCUT2D eigenvalue weighted by molar-refractivity contribution is 0.0661. The zero-order valence-electron chi connectivity index (χ0n) is 11.3. The fourth-order valence-electron chi connectivity index (χ4n) is 1.76. The number of carbonyl (C=O) groups is 1. The molecule has 8 heteroatoms. The van der Waals surface area contributed by atoms with E-state index in [1.54, 1.807) is 11.5 Å². The summed E-state index contributed by atoms with van der Waals surface area (Å²) in [4.78, 5) is 22.4. The van der Waals surface area contributed by atoms with Gasteiger partial charge in [0.05, 0.1) is 0 Å². The third-order valence-corrected chi connectivity index (χ3v) is 3.78. The van der Waals surface area contributed by atoms with Gasteiger partial charge in [0.15, 0.2) is 5.16 Å². The van der Waals surface area contributed by atoms with Gasteiger partial charge in [0.25, 0.3) is 0 Å². The van der Waals surface area contributed by atoms with Crippen LogP contribution >= 0.6 is 11.8 Å². The minimum Gasteiger partial charge on any atom is -0.475 e. The molecule has 0 fully saturated rings. The molecule has 0 radical (unpaired) electrons. The Bertz CT molecular complexity index is 683. The van der Waals surface area contributed by atoms with Crippen LogP contribution in [0, 0.1) is 6.92 Å². The van der Waals surface area contributed by atoms with Crippen LogP contribution in [0.5, 0.6) is 0 Å². The van der Waals surface area contributed by atoms with Gasteiger partial charge in [-0.05, 0) is 26.8 Å². The fourth-order valence-corrected chi connectivity index (χ4v) is 2.87. The maximum absolute atomic E-state index is 11.6. The number of furan rings is 1. The second-order valence-electron chi connectivity index (χ2n) is 4.56. The van der Waals surface area contributed by atoms with E-state index in [9.17, 15) is 9.59 Å². The van der Waals surface area contributed by atoms with E-state index in [0.29, 0.717) is 16.7 Å². The van der Waals surface area contributed by atoms with Gasteiger partial charge in [0.2, 0.25) is 5.76 Å². The largest absolute Gasteiger partial charge is 0.475 e. The number of nitrogens with one attached hydrogen (secondary N) is 1. The van der Waals surface area contributed by atoms with Crippen LogP contribution < -0.4 is 5.69 Å². The Kier molecular flexibility index (Phi) is 4.03. The first-order valence-electron chi connectivity index (χ1n) is 6.02. The van der Waals surface area contributed by atoms with Crippen molar-refractivity contribution in [1.29, 1.82) is 0 Å². The summed E-state index contributed by atoms with van der Waals surface area (Å²) < 4.78 is 6.69. The second-order valence-corrected chi connectivity index (χ2v) is 5.50. The maximum atomic E-state index is 11.6. The summed E-state index contributed by atoms with van der Waals surface area (Å²) in [7, 11) is 0. The average Bonchev–Trinajstić information content (AvgIpc) is 2.90. The highest BCUT2D eigenvalue weighted by Crippen LogP contribution is 2.25. The normalized spacial score (nSPS) is 11.2. The summed E-state index contributed by atoms with van der Waals surface area (Å²) in [6.45, 7) is 5.50. The molecule has 7 nitrogen and oxygen atoms in total. The highest BCUT2D eigenvalue weighted by atomic mass is 32.2. The van der Waals surface area contributed by atoms with E-state index in [1.165, 1.54) is 17.8 Å². The van der Waals surface area contributed by atoms with Gasteiger partial charge in [-0.2, -0.15) is 0 Å². The lowest BCUT2D eigenvalue weighted by atomic mass is 10.3. The Hall–Kier alpha value is -1.96. The highest BCUT2D eigenvalue weighted by Gasteiger charge is 2.16. The van der Waals surface area contributed by atoms with Crippen LogP contribution in [0.3, 0.4) is 0 Å². The standard InChI is InChI=1S/C12H15N3O4S/c1-6(2)15-11(18)13-14-12(15)20-5-8-4-9(10(16)17)19-7(8)3/h4,6H,5H2,1-3H3,(H,13,18)(H,16,17). The van der Waals surface area contributed by atoms with E-state index in [4.69, 9.17) is 9.52 Å². The first-order chi connectivity index (χ1) is 9.40. The molecule has 0 saturated heterocycles. The zero-order valence-corrected chi connectivity index (χ0v) is 12.2. The summed E-state index contributed by atoms with van der Waals surface area (Å²) in [6, 6.07) is 1.50. The molecule has 2 aromatic heterocycles. The predicted molar refractivity (Wildman–Crippen MR) is 73.2 cm³/mol. The number of aromatic amines is 1. The highest BCUT2D eigenvalue weighted by molar-refractivity contribution is 7.98. The monoisotopic (exact) mass is 297 g/mol. The molecule has 2 rings (SSSR count). The number of rotatable bonds is 5. The number of H-pyrrole nitrogens is 1. The first-order valence-corrected chi connectivity index (χ1v) is 7.01. The summed E-state index contributed by atoms with van der Waals surface area (Å²) in [6.07, 6.45) is 0. The third kappa shape index (κ3) is 2.79. The number of aryl methyl sites for hydroxylation is 1. The van der Waals surface area contributed by atoms with E-state index >= 15 is 0 Å². The number of hydrogen-bond donors (Lipinski definition) is 2. The van der Waals surface area contributed by atoms with Gasteiger partial charge in [-0.3, -0.25) is 4.57 Å². The number of thioether (sulfide) groups is 1. The molecule has 0 aliphatic carbocycles. The fraction of sp³-hybridized carbons (Fsp3) is 0.417. The number of hydrogen-bond acceptors (Lipinski definition) is 5. The van der Waals surface area contributed by atoms with E-state index in [-0.39, 0.29) is 17.5 Å². The predicted octanol–water partition coefficient (Wildman–Crippen LogP) is 2.04. The van der Waals surface area contributed by atoms with E-state index in [0.717, 1.165) is 5.56 Å². The molecule has 0 amide bonds. The molecule has 0 saturated carbocycles. The topological polar surface area (TPSA) is 101 Å². The number of nitrogens with zero attached hydrogens (tertiary/aromatic N) is 2. The van der Waals surface area contributed by atoms with Crippen molar-refractivity contribution in [3.63, 3.8) is 0 Å². The Balaban J connectivity index is 2.17. The molecule has 0 spiro atoms. The number of aromatic carboxylic acids is 1. The molecular formula is C12H15N3O4S. The Morgan fingerprint density at radius 2 is 2.30 bits per heavy atom. The molecule has 0 aliphatic rings. The zero-order chi connectivity index (χ0) is 14.9. The van der Waals surface area contributed by atoms with Crippen LogP contribution in [-0.4, -0.2) is 25.8 Å². The molecule has 0 bridgehead atoms. The SMILES string of the molecule is Cc1oc(C(=O)O)cc1CSc1n[nH]c(=O)n1C(C)C. The molecule has 20 heavy (non-hydrogen) atoms. The summed E-state index contributed by atoms with van der Waals surface area (Å²) in [5.74, 6) is -0.131. The van der Waals surface area contributed by atoms with Gasteiger partial charge >= 0.3 is 11.7 Å². The van der Waals surface area contributed by atoms with Crippen molar-refractivity contribution in [1.82, 2.24) is 14.8 Å². The Morgan fingerprint density at radius 1 is 1.60 bits per heavy atom. The van der Waals surface area contributed by atoms with E-state index in [1.807, 2.05) is 13.8 Å². The third-order valence-electron chi connectivity index (χ3n) is 2.78. The number of carboxylic acid groups (broad SMARTS) is 1. The average molecular weight is 297 g/mol. The van der Waals surface area contributed by atoms with Crippen molar-refractivity contribution < 1.29 is 14.3 Å². The van der Waals surface area contributed by atoms with Crippen molar-refractivity contribution in [2.75, 3.05) is 0 Å². The minimum absolute atomic E-state index is 0.00350. The van der Waals surface area contributed by atoms with Crippen LogP contribution in [0.1, 0.15) is 41.8 Å². The molecule has 0 aromatic carbocycles. The molecule has 108 valence electrons. The van der Waals surface area contributed by atoms with Gasteiger partial charge in [-0.15, -0.1) is 5.10 Å². The van der Waals surface area contributed by atoms with Crippen LogP contribution in [0.15, 0.2) is 20.4 Å². The van der Waals surface area contributed by atoms with Gasteiger partial charge in [-0.1, -0.05) is 11.8 Å². The molecule has 2 heterocycles. The number of carboxylic acids is 1. The van der Waals surface area contributed by atoms with E-state index < -0.39 is 5.97 Å². The van der Waals surface area contributed by atoms with Crippen LogP contribution in [-0.2, 0) is 5.75 Å². The summed E-state index contributed by atoms with van der Waals surface area (Å²) in [5, 5.41) is 15.8. The van der Waals surface area contributed by atoms with Crippen molar-refractivity contribution in [2.45, 2.75) is 37.7 Å². The maximum Gasteiger partial charge on any atom is 0.371 e. The van der Waals surface area contributed by atoms with Crippen LogP contribution in [0.2, 0.25) is 0 Å². The van der Waals surface area contributed by atoms with Crippen LogP contribution in [0.25, 0.3) is 0 Å². The molecule has 2 N–H and O–H groups in total. The smallest absolute Gasteiger partial charge is 0.371 e. The Labute approximate surface area is 119 Å². The molecule has 0 aliphatic heterocycles. The van der Waals surface area contributed by atoms with Crippen molar-refractivity contribution in [3.05, 3.63) is 33.6 Å². The van der Waals surface area contributed by atoms with Crippen molar-refractivity contribution >= 4 is 17.7 Å². The van der Waals surface area contributed by atoms with Gasteiger partial charge < -0.3 is 9.52 Å². The Morgan fingerprint density at radius 3 is 2.85 bits per heavy atom. The number of aromatic nitrogens is 3. The molecule has 2 aromatic rings. The lowest BCUT2D eigenvalue weighted by Gasteiger charge is -2.07. The van der Waals surface area contributed by atoms with Gasteiger partial charge in [0, 0.05) is 17.4 Å². The summed E-state index contributed by atoms with van der Waals surface area (Å²) in [5.41, 5.74) is 0.524. The van der Waals surface area contributed by atoms with Crippen molar-refractivity contribution in [3.8, 4) is 0 Å². The molecule has 0 unspecified atom stereocenters. The van der Waals surface area contributed by atoms with Crippen molar-refractivity contribution in [2.24, 2.45) is 0 Å². The lowest BCUT2D eigenvalue weighted by Crippen LogP contribution is -2.19. The molecular weight excluding hydrogens is 282 g/mol. The van der Waals surface area contributed by atoms with Crippen LogP contribution in [0.4, 0.5) is 0 Å².